The van der Waals surface area contributed by atoms with Crippen LogP contribution in [0.2, 0.25) is 0 Å². The molecule has 126 valence electrons. The second-order valence-corrected chi connectivity index (χ2v) is 5.69. The van der Waals surface area contributed by atoms with Crippen molar-refractivity contribution < 1.29 is 18.1 Å². The second kappa shape index (κ2) is 6.10. The largest absolute Gasteiger partial charge is 0.416 e. The highest BCUT2D eigenvalue weighted by atomic mass is 19.4. The Balaban J connectivity index is 1.78. The summed E-state index contributed by atoms with van der Waals surface area (Å²) in [5.41, 5.74) is -0.0447. The van der Waals surface area contributed by atoms with Crippen LogP contribution in [0.1, 0.15) is 24.0 Å². The molecule has 0 atom stereocenters. The third-order valence-electron chi connectivity index (χ3n) is 3.86. The molecule has 1 fully saturated rings. The van der Waals surface area contributed by atoms with Crippen molar-refractivity contribution in [2.45, 2.75) is 31.6 Å². The van der Waals surface area contributed by atoms with Gasteiger partial charge in [0.1, 0.15) is 12.0 Å². The molecule has 1 aromatic carbocycles. The van der Waals surface area contributed by atoms with E-state index in [1.54, 1.807) is 6.07 Å². The summed E-state index contributed by atoms with van der Waals surface area (Å²) in [6, 6.07) is 8.23. The summed E-state index contributed by atoms with van der Waals surface area (Å²) in [6.45, 7) is 0.410. The van der Waals surface area contributed by atoms with Crippen molar-refractivity contribution in [1.82, 2.24) is 4.98 Å². The lowest BCUT2D eigenvalue weighted by Gasteiger charge is -2.23. The van der Waals surface area contributed by atoms with E-state index in [4.69, 9.17) is 0 Å². The summed E-state index contributed by atoms with van der Waals surface area (Å²) in [5, 5.41) is 10.7. The standard InChI is InChI=1S/C16H14F3N3O2/c17-16(18,19)12-3-1-11(2-4-12)10-21(13-5-6-13)15-8-7-14(9-20-15)22(23)24/h1-4,7-9,13H,5-6,10H2. The van der Waals surface area contributed by atoms with Crippen LogP contribution in [0.4, 0.5) is 24.7 Å². The average molecular weight is 337 g/mol. The SMILES string of the molecule is O=[N+]([O-])c1ccc(N(Cc2ccc(C(F)(F)F)cc2)C2CC2)nc1. The zero-order valence-corrected chi connectivity index (χ0v) is 12.5. The Morgan fingerprint density at radius 1 is 1.17 bits per heavy atom. The van der Waals surface area contributed by atoms with Gasteiger partial charge >= 0.3 is 6.18 Å². The van der Waals surface area contributed by atoms with Crippen LogP contribution in [-0.2, 0) is 12.7 Å². The lowest BCUT2D eigenvalue weighted by molar-refractivity contribution is -0.385. The number of hydrogen-bond donors (Lipinski definition) is 0. The Labute approximate surface area is 135 Å². The first kappa shape index (κ1) is 16.2. The summed E-state index contributed by atoms with van der Waals surface area (Å²) in [5.74, 6) is 0.586. The minimum absolute atomic E-state index is 0.0935. The van der Waals surface area contributed by atoms with Gasteiger partial charge in [0.25, 0.3) is 5.69 Å². The van der Waals surface area contributed by atoms with Crippen LogP contribution in [0.15, 0.2) is 42.6 Å². The Morgan fingerprint density at radius 2 is 1.83 bits per heavy atom. The number of nitro groups is 1. The molecule has 1 aliphatic carbocycles. The van der Waals surface area contributed by atoms with Crippen molar-refractivity contribution in [2.75, 3.05) is 4.90 Å². The number of anilines is 1. The maximum atomic E-state index is 12.6. The molecule has 0 unspecified atom stereocenters. The first-order valence-electron chi connectivity index (χ1n) is 7.38. The van der Waals surface area contributed by atoms with Crippen LogP contribution in [-0.4, -0.2) is 15.9 Å². The predicted molar refractivity (Wildman–Crippen MR) is 81.5 cm³/mol. The van der Waals surface area contributed by atoms with Gasteiger partial charge in [-0.1, -0.05) is 12.1 Å². The van der Waals surface area contributed by atoms with Gasteiger partial charge < -0.3 is 4.90 Å². The molecular weight excluding hydrogens is 323 g/mol. The molecule has 0 N–H and O–H groups in total. The lowest BCUT2D eigenvalue weighted by Crippen LogP contribution is -2.26. The number of pyridine rings is 1. The zero-order chi connectivity index (χ0) is 17.3. The molecule has 0 aliphatic heterocycles. The van der Waals surface area contributed by atoms with Crippen molar-refractivity contribution >= 4 is 11.5 Å². The summed E-state index contributed by atoms with van der Waals surface area (Å²) in [6.07, 6.45) is -1.22. The topological polar surface area (TPSA) is 59.3 Å². The monoisotopic (exact) mass is 337 g/mol. The number of nitrogens with zero attached hydrogens (tertiary/aromatic N) is 3. The highest BCUT2D eigenvalue weighted by Crippen LogP contribution is 2.33. The average Bonchev–Trinajstić information content (AvgIpc) is 3.37. The molecule has 1 aliphatic rings. The first-order chi connectivity index (χ1) is 11.3. The van der Waals surface area contributed by atoms with Crippen molar-refractivity contribution in [3.05, 3.63) is 63.8 Å². The van der Waals surface area contributed by atoms with Crippen LogP contribution in [0.25, 0.3) is 0 Å². The van der Waals surface area contributed by atoms with Gasteiger partial charge in [0.15, 0.2) is 0 Å². The van der Waals surface area contributed by atoms with Crippen molar-refractivity contribution in [3.8, 4) is 0 Å². The van der Waals surface area contributed by atoms with E-state index in [9.17, 15) is 23.3 Å². The Kier molecular flexibility index (Phi) is 4.13. The Morgan fingerprint density at radius 3 is 2.29 bits per heavy atom. The molecule has 8 heteroatoms. The summed E-state index contributed by atoms with van der Waals surface area (Å²) in [4.78, 5) is 16.3. The summed E-state index contributed by atoms with van der Waals surface area (Å²) >= 11 is 0. The number of alkyl halides is 3. The lowest BCUT2D eigenvalue weighted by atomic mass is 10.1. The smallest absolute Gasteiger partial charge is 0.349 e. The van der Waals surface area contributed by atoms with Crippen LogP contribution in [0.5, 0.6) is 0 Å². The van der Waals surface area contributed by atoms with Gasteiger partial charge in [0.05, 0.1) is 10.5 Å². The highest BCUT2D eigenvalue weighted by molar-refractivity contribution is 5.46. The normalized spacial score (nSPS) is 14.5. The fourth-order valence-electron chi connectivity index (χ4n) is 2.44. The highest BCUT2D eigenvalue weighted by Gasteiger charge is 2.32. The summed E-state index contributed by atoms with van der Waals surface area (Å²) in [7, 11) is 0. The number of halogens is 3. The van der Waals surface area contributed by atoms with Gasteiger partial charge in [0.2, 0.25) is 0 Å². The number of hydrogen-bond acceptors (Lipinski definition) is 4. The predicted octanol–water partition coefficient (Wildman–Crippen LogP) is 4.18. The van der Waals surface area contributed by atoms with E-state index in [0.717, 1.165) is 30.5 Å². The molecule has 0 spiro atoms. The Bertz CT molecular complexity index is 726. The van der Waals surface area contributed by atoms with Crippen LogP contribution < -0.4 is 4.90 Å². The van der Waals surface area contributed by atoms with E-state index in [2.05, 4.69) is 4.98 Å². The molecule has 24 heavy (non-hydrogen) atoms. The molecule has 0 saturated heterocycles. The fourth-order valence-corrected chi connectivity index (χ4v) is 2.44. The maximum Gasteiger partial charge on any atom is 0.416 e. The van der Waals surface area contributed by atoms with Gasteiger partial charge in [-0.15, -0.1) is 0 Å². The third kappa shape index (κ3) is 3.64. The van der Waals surface area contributed by atoms with Gasteiger partial charge in [-0.2, -0.15) is 13.2 Å². The van der Waals surface area contributed by atoms with E-state index in [-0.39, 0.29) is 11.7 Å². The minimum atomic E-state index is -4.35. The summed E-state index contributed by atoms with van der Waals surface area (Å²) < 4.78 is 37.8. The fraction of sp³-hybridized carbons (Fsp3) is 0.312. The van der Waals surface area contributed by atoms with E-state index < -0.39 is 16.7 Å². The third-order valence-corrected chi connectivity index (χ3v) is 3.86. The maximum absolute atomic E-state index is 12.6. The van der Waals surface area contributed by atoms with Crippen molar-refractivity contribution in [2.24, 2.45) is 0 Å². The van der Waals surface area contributed by atoms with Gasteiger partial charge in [-0.25, -0.2) is 4.98 Å². The molecule has 1 aromatic heterocycles. The van der Waals surface area contributed by atoms with Gasteiger partial charge in [-0.3, -0.25) is 10.1 Å². The van der Waals surface area contributed by atoms with Crippen LogP contribution >= 0.6 is 0 Å². The molecule has 0 amide bonds. The molecule has 0 bridgehead atoms. The van der Waals surface area contributed by atoms with E-state index in [1.165, 1.54) is 24.4 Å². The molecule has 2 aromatic rings. The number of benzene rings is 1. The van der Waals surface area contributed by atoms with Crippen LogP contribution in [0, 0.1) is 10.1 Å². The number of rotatable bonds is 5. The van der Waals surface area contributed by atoms with Gasteiger partial charge in [0, 0.05) is 18.7 Å². The van der Waals surface area contributed by atoms with E-state index in [1.807, 2.05) is 4.90 Å². The Hall–Kier alpha value is -2.64. The van der Waals surface area contributed by atoms with Gasteiger partial charge in [-0.05, 0) is 36.6 Å². The molecule has 5 nitrogen and oxygen atoms in total. The van der Waals surface area contributed by atoms with Crippen LogP contribution in [0.3, 0.4) is 0 Å². The van der Waals surface area contributed by atoms with Crippen molar-refractivity contribution in [3.63, 3.8) is 0 Å². The zero-order valence-electron chi connectivity index (χ0n) is 12.5. The molecule has 3 rings (SSSR count). The van der Waals surface area contributed by atoms with E-state index >= 15 is 0 Å². The van der Waals surface area contributed by atoms with E-state index in [0.29, 0.717) is 12.4 Å². The number of aromatic nitrogens is 1. The first-order valence-corrected chi connectivity index (χ1v) is 7.38. The molecule has 1 heterocycles. The van der Waals surface area contributed by atoms with Crippen molar-refractivity contribution in [1.29, 1.82) is 0 Å². The second-order valence-electron chi connectivity index (χ2n) is 5.69. The molecule has 0 radical (unpaired) electrons. The minimum Gasteiger partial charge on any atom is -0.349 e. The quantitative estimate of drug-likeness (QED) is 0.607. The molecular formula is C16H14F3N3O2. The molecule has 1 saturated carbocycles.